The van der Waals surface area contributed by atoms with E-state index in [0.717, 1.165) is 38.5 Å². The number of rotatable bonds is 3. The van der Waals surface area contributed by atoms with E-state index >= 15 is 0 Å². The average Bonchev–Trinajstić information content (AvgIpc) is 2.25. The largest absolute Gasteiger partial charge is 0.393 e. The SMILES string of the molecule is CS(=O)(=O)CCC1CCCCC(O)C1. The Bertz CT molecular complexity index is 259. The van der Waals surface area contributed by atoms with Gasteiger partial charge in [0.2, 0.25) is 0 Å². The predicted octanol–water partition coefficient (Wildman–Crippen LogP) is 1.36. The van der Waals surface area contributed by atoms with Crippen molar-refractivity contribution in [3.63, 3.8) is 0 Å². The second-order valence-corrected chi connectivity index (χ2v) is 6.72. The van der Waals surface area contributed by atoms with Gasteiger partial charge in [0.15, 0.2) is 0 Å². The number of aliphatic hydroxyl groups is 1. The minimum atomic E-state index is -2.83. The van der Waals surface area contributed by atoms with Gasteiger partial charge in [0.25, 0.3) is 0 Å². The maximum absolute atomic E-state index is 11.0. The summed E-state index contributed by atoms with van der Waals surface area (Å²) in [5.74, 6) is 0.673. The van der Waals surface area contributed by atoms with Gasteiger partial charge in [-0.2, -0.15) is 0 Å². The van der Waals surface area contributed by atoms with E-state index in [4.69, 9.17) is 0 Å². The van der Waals surface area contributed by atoms with E-state index in [1.807, 2.05) is 0 Å². The fourth-order valence-electron chi connectivity index (χ4n) is 2.08. The first-order chi connectivity index (χ1) is 6.47. The predicted molar refractivity (Wildman–Crippen MR) is 56.9 cm³/mol. The molecule has 1 rings (SSSR count). The van der Waals surface area contributed by atoms with Gasteiger partial charge in [0.05, 0.1) is 11.9 Å². The molecule has 0 bridgehead atoms. The highest BCUT2D eigenvalue weighted by molar-refractivity contribution is 7.90. The molecule has 0 radical (unpaired) electrons. The molecule has 84 valence electrons. The van der Waals surface area contributed by atoms with Crippen LogP contribution in [-0.4, -0.2) is 31.6 Å². The van der Waals surface area contributed by atoms with Crippen molar-refractivity contribution in [3.8, 4) is 0 Å². The Kier molecular flexibility index (Phi) is 4.38. The van der Waals surface area contributed by atoms with Crippen LogP contribution in [0.5, 0.6) is 0 Å². The van der Waals surface area contributed by atoms with Gasteiger partial charge in [-0.25, -0.2) is 8.42 Å². The molecule has 14 heavy (non-hydrogen) atoms. The fraction of sp³-hybridized carbons (Fsp3) is 1.00. The molecule has 0 heterocycles. The highest BCUT2D eigenvalue weighted by Gasteiger charge is 2.19. The summed E-state index contributed by atoms with van der Waals surface area (Å²) in [4.78, 5) is 0. The molecule has 1 aliphatic rings. The molecule has 3 nitrogen and oxygen atoms in total. The molecular formula is C10H20O3S. The lowest BCUT2D eigenvalue weighted by Gasteiger charge is -2.15. The highest BCUT2D eigenvalue weighted by Crippen LogP contribution is 2.25. The molecule has 0 aromatic carbocycles. The van der Waals surface area contributed by atoms with Crippen LogP contribution in [0.3, 0.4) is 0 Å². The molecule has 0 spiro atoms. The van der Waals surface area contributed by atoms with E-state index in [-0.39, 0.29) is 11.9 Å². The van der Waals surface area contributed by atoms with Crippen molar-refractivity contribution in [1.82, 2.24) is 0 Å². The van der Waals surface area contributed by atoms with Gasteiger partial charge in [-0.1, -0.05) is 19.3 Å². The van der Waals surface area contributed by atoms with Crippen molar-refractivity contribution >= 4 is 9.84 Å². The van der Waals surface area contributed by atoms with E-state index in [2.05, 4.69) is 0 Å². The minimum Gasteiger partial charge on any atom is -0.393 e. The van der Waals surface area contributed by atoms with Crippen molar-refractivity contribution in [3.05, 3.63) is 0 Å². The van der Waals surface area contributed by atoms with Crippen LogP contribution in [0.15, 0.2) is 0 Å². The Morgan fingerprint density at radius 3 is 2.57 bits per heavy atom. The second-order valence-electron chi connectivity index (χ2n) is 4.46. The monoisotopic (exact) mass is 220 g/mol. The number of hydrogen-bond donors (Lipinski definition) is 1. The first kappa shape index (κ1) is 12.0. The van der Waals surface area contributed by atoms with E-state index in [9.17, 15) is 13.5 Å². The molecule has 2 atom stereocenters. The summed E-state index contributed by atoms with van der Waals surface area (Å²) >= 11 is 0. The van der Waals surface area contributed by atoms with Gasteiger partial charge in [-0.05, 0) is 25.2 Å². The summed E-state index contributed by atoms with van der Waals surface area (Å²) in [5, 5.41) is 9.54. The summed E-state index contributed by atoms with van der Waals surface area (Å²) < 4.78 is 22.0. The van der Waals surface area contributed by atoms with E-state index < -0.39 is 9.84 Å². The van der Waals surface area contributed by atoms with Crippen LogP contribution in [0.1, 0.15) is 38.5 Å². The quantitative estimate of drug-likeness (QED) is 0.731. The molecule has 1 aliphatic carbocycles. The Morgan fingerprint density at radius 1 is 1.29 bits per heavy atom. The molecule has 0 aromatic rings. The van der Waals surface area contributed by atoms with Gasteiger partial charge in [-0.3, -0.25) is 0 Å². The molecule has 0 saturated heterocycles. The third-order valence-electron chi connectivity index (χ3n) is 2.90. The number of aliphatic hydroxyl groups excluding tert-OH is 1. The van der Waals surface area contributed by atoms with Crippen molar-refractivity contribution in [1.29, 1.82) is 0 Å². The average molecular weight is 220 g/mol. The Hall–Kier alpha value is -0.0900. The van der Waals surface area contributed by atoms with Crippen molar-refractivity contribution in [2.45, 2.75) is 44.6 Å². The smallest absolute Gasteiger partial charge is 0.147 e. The summed E-state index contributed by atoms with van der Waals surface area (Å²) in [6.45, 7) is 0. The van der Waals surface area contributed by atoms with Crippen LogP contribution in [0.25, 0.3) is 0 Å². The summed E-state index contributed by atoms with van der Waals surface area (Å²) in [7, 11) is -2.83. The Morgan fingerprint density at radius 2 is 1.93 bits per heavy atom. The fourth-order valence-corrected chi connectivity index (χ4v) is 2.84. The zero-order chi connectivity index (χ0) is 10.6. The number of hydrogen-bond acceptors (Lipinski definition) is 3. The third kappa shape index (κ3) is 4.96. The highest BCUT2D eigenvalue weighted by atomic mass is 32.2. The molecule has 4 heteroatoms. The van der Waals surface area contributed by atoms with Crippen LogP contribution >= 0.6 is 0 Å². The summed E-state index contributed by atoms with van der Waals surface area (Å²) in [6, 6.07) is 0. The lowest BCUT2D eigenvalue weighted by molar-refractivity contribution is 0.140. The van der Waals surface area contributed by atoms with Crippen LogP contribution < -0.4 is 0 Å². The Balaban J connectivity index is 2.35. The molecule has 2 unspecified atom stereocenters. The molecule has 0 amide bonds. The first-order valence-electron chi connectivity index (χ1n) is 5.33. The van der Waals surface area contributed by atoms with E-state index in [0.29, 0.717) is 5.92 Å². The lowest BCUT2D eigenvalue weighted by Crippen LogP contribution is -2.14. The maximum atomic E-state index is 11.0. The molecule has 1 saturated carbocycles. The minimum absolute atomic E-state index is 0.206. The van der Waals surface area contributed by atoms with Gasteiger partial charge in [-0.15, -0.1) is 0 Å². The molecule has 1 fully saturated rings. The molecule has 1 N–H and O–H groups in total. The molecule has 0 aliphatic heterocycles. The summed E-state index contributed by atoms with van der Waals surface area (Å²) in [6.07, 6.45) is 6.75. The normalized spacial score (nSPS) is 29.9. The van der Waals surface area contributed by atoms with E-state index in [1.165, 1.54) is 6.26 Å². The van der Waals surface area contributed by atoms with Crippen molar-refractivity contribution < 1.29 is 13.5 Å². The third-order valence-corrected chi connectivity index (χ3v) is 3.88. The topological polar surface area (TPSA) is 54.4 Å². The van der Waals surface area contributed by atoms with Gasteiger partial charge in [0.1, 0.15) is 9.84 Å². The lowest BCUT2D eigenvalue weighted by atomic mass is 9.97. The van der Waals surface area contributed by atoms with Crippen LogP contribution in [0.4, 0.5) is 0 Å². The van der Waals surface area contributed by atoms with E-state index in [1.54, 1.807) is 0 Å². The van der Waals surface area contributed by atoms with Gasteiger partial charge >= 0.3 is 0 Å². The van der Waals surface area contributed by atoms with Crippen molar-refractivity contribution in [2.24, 2.45) is 5.92 Å². The summed E-state index contributed by atoms with van der Waals surface area (Å²) in [5.41, 5.74) is 0. The standard InChI is InChI=1S/C10H20O3S/c1-14(12,13)7-6-9-4-2-3-5-10(11)8-9/h9-11H,2-8H2,1H3. The molecule has 0 aromatic heterocycles. The van der Waals surface area contributed by atoms with Crippen LogP contribution in [0, 0.1) is 5.92 Å². The molecular weight excluding hydrogens is 200 g/mol. The first-order valence-corrected chi connectivity index (χ1v) is 7.39. The van der Waals surface area contributed by atoms with Crippen LogP contribution in [-0.2, 0) is 9.84 Å². The van der Waals surface area contributed by atoms with Crippen molar-refractivity contribution in [2.75, 3.05) is 12.0 Å². The van der Waals surface area contributed by atoms with Crippen LogP contribution in [0.2, 0.25) is 0 Å². The Labute approximate surface area is 86.4 Å². The number of sulfone groups is 1. The van der Waals surface area contributed by atoms with Gasteiger partial charge < -0.3 is 5.11 Å². The zero-order valence-corrected chi connectivity index (χ0v) is 9.59. The maximum Gasteiger partial charge on any atom is 0.147 e. The second kappa shape index (κ2) is 5.12. The zero-order valence-electron chi connectivity index (χ0n) is 8.78. The van der Waals surface area contributed by atoms with Gasteiger partial charge in [0, 0.05) is 6.26 Å².